The standard InChI is InChI=1S/C19H13Cl2NO4.C18H16ClNO5S.C17H12Cl3NO5S.C17H13Cl2NO6S.C17H13Cl2NO5S/c1-11(23)18(24)8-19(25)12-3-2-4-15(6-12)26-10-13-5-14(20)7-17(21)16(13)9-22;1-11-15(19)7-4-8-18(11)26(24,25)20-14-6-3-5-13(9-14)17(23)10-16(22)12(2)21;1-9(22)13(23)8-14(24)10-3-2-4-11(7-10)21-27(25,26)15-6-5-12(18)16(19)17(15)20;1-9(21)14(22)8-15(23)10-3-2-4-12(5-10)20-27(25,26)16-7-11(18)6-13(19)17(16)24;1-10(21)15(22)9-16(23)11-4-2-5-12(8-11)20-26(24,25)17-13(18)6-3-7-14(17)19/h2-8,25H,10H2,1H3;3-10,20,23H,1-2H3;2-8,21,24H,1H3;2-8,20,23-24H,1H3;2-9,20,23H,1H3. The Kier molecular flexibility index (Phi) is 39.5. The molecule has 30 nitrogen and oxygen atoms in total. The van der Waals surface area contributed by atoms with Crippen LogP contribution >= 0.6 is 116 Å². The second-order valence-electron chi connectivity index (χ2n) is 26.7. The van der Waals surface area contributed by atoms with Crippen molar-refractivity contribution in [3.05, 3.63) is 319 Å². The largest absolute Gasteiger partial charge is 0.507 e. The van der Waals surface area contributed by atoms with E-state index < -0.39 is 132 Å². The van der Waals surface area contributed by atoms with Crippen LogP contribution in [0.25, 0.3) is 28.8 Å². The quantitative estimate of drug-likeness (QED) is 0.00865. The fraction of sp³-hybridized carbons (Fsp3) is 0.0795. The number of aromatic hydroxyl groups is 1. The highest BCUT2D eigenvalue weighted by molar-refractivity contribution is 7.93. The number of allylic oxidation sites excluding steroid dienone is 5. The molecular weight excluding hydrogens is 2010 g/mol. The van der Waals surface area contributed by atoms with E-state index in [1.807, 2.05) is 6.07 Å². The van der Waals surface area contributed by atoms with Crippen molar-refractivity contribution >= 4 is 265 Å². The van der Waals surface area contributed by atoms with Crippen LogP contribution in [-0.4, -0.2) is 122 Å². The van der Waals surface area contributed by atoms with E-state index in [-0.39, 0.29) is 118 Å². The van der Waals surface area contributed by atoms with Crippen LogP contribution in [0.3, 0.4) is 0 Å². The number of nitriles is 1. The molecule has 0 atom stereocenters. The average Bonchev–Trinajstić information content (AvgIpc) is 0.802. The molecule has 0 aliphatic heterocycles. The van der Waals surface area contributed by atoms with E-state index in [4.69, 9.17) is 121 Å². The summed E-state index contributed by atoms with van der Waals surface area (Å²) in [6.07, 6.45) is 3.90. The van der Waals surface area contributed by atoms with Crippen LogP contribution in [0.4, 0.5) is 22.7 Å². The van der Waals surface area contributed by atoms with Gasteiger partial charge in [-0.2, -0.15) is 5.26 Å². The fourth-order valence-corrected chi connectivity index (χ4v) is 18.4. The minimum absolute atomic E-state index is 0.00949. The number of ether oxygens (including phenoxy) is 1. The second-order valence-corrected chi connectivity index (χ2v) is 37.3. The minimum Gasteiger partial charge on any atom is -0.507 e. The lowest BCUT2D eigenvalue weighted by atomic mass is 10.1. The molecule has 0 bridgehead atoms. The Morgan fingerprint density at radius 1 is 0.348 bits per heavy atom. The highest BCUT2D eigenvalue weighted by Crippen LogP contribution is 2.39. The summed E-state index contributed by atoms with van der Waals surface area (Å²) in [5.74, 6) is -10.5. The maximum Gasteiger partial charge on any atom is 0.265 e. The molecule has 0 aliphatic carbocycles. The molecule has 10 aromatic carbocycles. The molecule has 0 fully saturated rings. The van der Waals surface area contributed by atoms with E-state index in [2.05, 4.69) is 18.9 Å². The van der Waals surface area contributed by atoms with Gasteiger partial charge in [0.25, 0.3) is 40.1 Å². The highest BCUT2D eigenvalue weighted by atomic mass is 35.5. The van der Waals surface area contributed by atoms with Gasteiger partial charge in [0.2, 0.25) is 28.9 Å². The first-order valence-corrected chi connectivity index (χ1v) is 46.2. The van der Waals surface area contributed by atoms with Crippen LogP contribution in [-0.2, 0) is 94.6 Å². The molecule has 0 unspecified atom stereocenters. The fourth-order valence-electron chi connectivity index (χ4n) is 10.2. The number of phenolic OH excluding ortho intramolecular Hbond substituents is 1. The molecule has 44 heteroatoms. The summed E-state index contributed by atoms with van der Waals surface area (Å²) in [4.78, 5) is 111. The van der Waals surface area contributed by atoms with Gasteiger partial charge in [-0.25, -0.2) is 33.7 Å². The Morgan fingerprint density at radius 3 is 1.05 bits per heavy atom. The summed E-state index contributed by atoms with van der Waals surface area (Å²) in [5.41, 5.74) is 2.45. The molecule has 0 aliphatic rings. The van der Waals surface area contributed by atoms with Crippen molar-refractivity contribution < 1.29 is 117 Å². The lowest BCUT2D eigenvalue weighted by molar-refractivity contribution is -0.132. The summed E-state index contributed by atoms with van der Waals surface area (Å²) in [5, 5.41) is 69.2. The summed E-state index contributed by atoms with van der Waals surface area (Å²) >= 11 is 58.9. The molecule has 0 saturated carbocycles. The molecule has 10 aromatic rings. The van der Waals surface area contributed by atoms with E-state index in [1.54, 1.807) is 37.3 Å². The van der Waals surface area contributed by atoms with Gasteiger partial charge in [0, 0.05) is 136 Å². The van der Waals surface area contributed by atoms with Crippen molar-refractivity contribution in [2.45, 2.75) is 67.7 Å². The van der Waals surface area contributed by atoms with E-state index >= 15 is 0 Å². The predicted octanol–water partition coefficient (Wildman–Crippen LogP) is 19.9. The van der Waals surface area contributed by atoms with E-state index in [9.17, 15) is 118 Å². The van der Waals surface area contributed by atoms with Gasteiger partial charge in [0.15, 0.2) is 34.7 Å². The van der Waals surface area contributed by atoms with Crippen molar-refractivity contribution in [3.8, 4) is 17.6 Å². The maximum absolute atomic E-state index is 12.6. The van der Waals surface area contributed by atoms with Crippen molar-refractivity contribution in [1.29, 1.82) is 5.26 Å². The van der Waals surface area contributed by atoms with Gasteiger partial charge in [0.05, 0.1) is 45.6 Å². The number of aliphatic hydroxyl groups excluding tert-OH is 5. The molecule has 0 spiro atoms. The number of carbonyl (C=O) groups excluding carboxylic acids is 10. The van der Waals surface area contributed by atoms with Gasteiger partial charge in [-0.3, -0.25) is 66.8 Å². The number of rotatable bonds is 30. The van der Waals surface area contributed by atoms with Crippen LogP contribution in [0.2, 0.25) is 50.2 Å². The third kappa shape index (κ3) is 31.4. The lowest BCUT2D eigenvalue weighted by Gasteiger charge is -2.12. The number of nitrogens with zero attached hydrogens (tertiary/aromatic N) is 1. The van der Waals surface area contributed by atoms with Gasteiger partial charge in [0.1, 0.15) is 61.9 Å². The molecule has 0 aromatic heterocycles. The number of nitrogens with one attached hydrogen (secondary N) is 4. The third-order valence-corrected chi connectivity index (χ3v) is 26.3. The lowest BCUT2D eigenvalue weighted by Crippen LogP contribution is -2.14. The molecule has 0 heterocycles. The topological polar surface area (TPSA) is 510 Å². The average molecular weight is 2080 g/mol. The number of Topliss-reactive ketones (excluding diaryl/α,β-unsaturated/α-hetero) is 5. The number of sulfonamides is 4. The van der Waals surface area contributed by atoms with Crippen LogP contribution in [0, 0.1) is 18.3 Å². The van der Waals surface area contributed by atoms with Crippen molar-refractivity contribution in [2.24, 2.45) is 0 Å². The number of benzene rings is 10. The van der Waals surface area contributed by atoms with Crippen molar-refractivity contribution in [2.75, 3.05) is 18.9 Å². The Balaban J connectivity index is 0.000000254. The zero-order valence-electron chi connectivity index (χ0n) is 68.4. The summed E-state index contributed by atoms with van der Waals surface area (Å²) in [6.45, 7) is 7.03. The normalized spacial score (nSPS) is 11.7. The number of aliphatic hydroxyl groups is 5. The molecule has 0 radical (unpaired) electrons. The summed E-state index contributed by atoms with van der Waals surface area (Å²) in [7, 11) is -16.4. The summed E-state index contributed by atoms with van der Waals surface area (Å²) < 4.78 is 115. The molecule has 0 amide bonds. The second kappa shape index (κ2) is 48.1. The number of ketones is 10. The molecule has 10 N–H and O–H groups in total. The van der Waals surface area contributed by atoms with Crippen molar-refractivity contribution in [3.63, 3.8) is 0 Å². The molecule has 0 saturated heterocycles. The zero-order chi connectivity index (χ0) is 98.9. The molecule has 10 rings (SSSR count). The zero-order valence-corrected chi connectivity index (χ0v) is 79.2. The number of hydrogen-bond donors (Lipinski definition) is 10. The Bertz CT molecular complexity index is 7000. The first-order valence-electron chi connectivity index (χ1n) is 36.5. The number of phenols is 1. The van der Waals surface area contributed by atoms with Gasteiger partial charge in [-0.1, -0.05) is 189 Å². The van der Waals surface area contributed by atoms with Crippen LogP contribution < -0.4 is 23.6 Å². The SMILES string of the molecule is CC(=O)C(=O)C=C(O)c1cccc(NS(=O)(=O)c2c(Cl)cccc2Cl)c1.CC(=O)C(=O)C=C(O)c1cccc(NS(=O)(=O)c2cc(Cl)cc(Cl)c2O)c1.CC(=O)C(=O)C=C(O)c1cccc(NS(=O)(=O)c2ccc(Cl)c(Cl)c2Cl)c1.CC(=O)C(=O)C=C(O)c1cccc(NS(=O)(=O)c2cccc(Cl)c2C)c1.CC(=O)C(=O)C=C(O)c1cccc(OCc2cc(Cl)cc(Cl)c2C#N)c1. The van der Waals surface area contributed by atoms with Crippen LogP contribution in [0.5, 0.6) is 11.5 Å². The molecular formula is C88H67Cl10N5O25S4. The van der Waals surface area contributed by atoms with Gasteiger partial charge >= 0.3 is 0 Å². The van der Waals surface area contributed by atoms with E-state index in [0.717, 1.165) is 71.1 Å². The maximum atomic E-state index is 12.6. The molecule has 688 valence electrons. The number of halogens is 10. The van der Waals surface area contributed by atoms with Gasteiger partial charge in [-0.05, 0) is 134 Å². The first-order chi connectivity index (χ1) is 61.6. The summed E-state index contributed by atoms with van der Waals surface area (Å²) in [6, 6.07) is 47.4. The number of hydrogen-bond acceptors (Lipinski definition) is 26. The Labute approximate surface area is 804 Å². The van der Waals surface area contributed by atoms with Gasteiger partial charge < -0.3 is 35.4 Å². The molecule has 132 heavy (non-hydrogen) atoms. The van der Waals surface area contributed by atoms with Crippen LogP contribution in [0.1, 0.15) is 79.1 Å². The highest BCUT2D eigenvalue weighted by Gasteiger charge is 2.27. The monoisotopic (exact) mass is 2070 g/mol. The minimum atomic E-state index is -4.26. The first kappa shape index (κ1) is 108. The van der Waals surface area contributed by atoms with E-state index in [0.29, 0.717) is 32.5 Å². The Hall–Kier alpha value is -12.4. The Morgan fingerprint density at radius 2 is 0.667 bits per heavy atom. The third-order valence-electron chi connectivity index (χ3n) is 16.8. The smallest absolute Gasteiger partial charge is 0.265 e. The predicted molar refractivity (Wildman–Crippen MR) is 505 cm³/mol. The van der Waals surface area contributed by atoms with Crippen LogP contribution in [0.15, 0.2) is 244 Å². The van der Waals surface area contributed by atoms with E-state index in [1.165, 1.54) is 158 Å². The van der Waals surface area contributed by atoms with Gasteiger partial charge in [-0.15, -0.1) is 0 Å². The number of anilines is 4. The number of carbonyl (C=O) groups is 10. The van der Waals surface area contributed by atoms with Crippen molar-refractivity contribution in [1.82, 2.24) is 0 Å².